The van der Waals surface area contributed by atoms with Gasteiger partial charge in [-0.25, -0.2) is 4.98 Å². The van der Waals surface area contributed by atoms with Crippen LogP contribution in [0.5, 0.6) is 0 Å². The number of carbonyl (C=O) groups is 2. The lowest BCUT2D eigenvalue weighted by atomic mass is 10.1. The Kier molecular flexibility index (Phi) is 5.90. The van der Waals surface area contributed by atoms with Crippen LogP contribution in [0.3, 0.4) is 0 Å². The number of nitrogens with one attached hydrogen (secondary N) is 2. The maximum Gasteiger partial charge on any atom is 0.262 e. The fourth-order valence-electron chi connectivity index (χ4n) is 3.24. The number of aromatic nitrogens is 2. The first kappa shape index (κ1) is 20.5. The molecule has 0 radical (unpaired) electrons. The summed E-state index contributed by atoms with van der Waals surface area (Å²) in [7, 11) is 0. The van der Waals surface area contributed by atoms with Crippen molar-refractivity contribution >= 4 is 39.1 Å². The van der Waals surface area contributed by atoms with Crippen LogP contribution in [0.4, 0.5) is 5.69 Å². The van der Waals surface area contributed by atoms with E-state index < -0.39 is 5.91 Å². The van der Waals surface area contributed by atoms with Gasteiger partial charge in [-0.1, -0.05) is 42.5 Å². The lowest BCUT2D eigenvalue weighted by molar-refractivity contribution is -0.116. The van der Waals surface area contributed by atoms with E-state index in [1.54, 1.807) is 35.7 Å². The third-order valence-electron chi connectivity index (χ3n) is 4.86. The lowest BCUT2D eigenvalue weighted by Crippen LogP contribution is -2.30. The Morgan fingerprint density at radius 2 is 1.81 bits per heavy atom. The number of benzene rings is 2. The van der Waals surface area contributed by atoms with Gasteiger partial charge in [0.2, 0.25) is 5.91 Å². The average Bonchev–Trinajstić information content (AvgIpc) is 3.26. The van der Waals surface area contributed by atoms with Gasteiger partial charge in [-0.2, -0.15) is 0 Å². The molecule has 7 nitrogen and oxygen atoms in total. The highest BCUT2D eigenvalue weighted by molar-refractivity contribution is 7.16. The van der Waals surface area contributed by atoms with Crippen molar-refractivity contribution in [3.63, 3.8) is 0 Å². The van der Waals surface area contributed by atoms with Crippen LogP contribution in [-0.4, -0.2) is 21.4 Å². The number of para-hydroxylation sites is 1. The van der Waals surface area contributed by atoms with Gasteiger partial charge in [-0.3, -0.25) is 19.0 Å². The van der Waals surface area contributed by atoms with Crippen LogP contribution >= 0.6 is 11.3 Å². The SMILES string of the molecule is C[C@H](NC(=O)c1ccccc1NC(=O)Cn1cnc2sccc2c1=O)c1ccccc1. The van der Waals surface area contributed by atoms with E-state index in [1.165, 1.54) is 22.2 Å². The second-order valence-corrected chi connectivity index (χ2v) is 7.91. The molecule has 0 fully saturated rings. The van der Waals surface area contributed by atoms with Gasteiger partial charge in [-0.15, -0.1) is 11.3 Å². The third-order valence-corrected chi connectivity index (χ3v) is 5.68. The van der Waals surface area contributed by atoms with Gasteiger partial charge in [0.1, 0.15) is 11.4 Å². The van der Waals surface area contributed by atoms with Crippen LogP contribution in [0.1, 0.15) is 28.9 Å². The predicted octanol–water partition coefficient (Wildman–Crippen LogP) is 3.59. The molecule has 1 atom stereocenters. The maximum absolute atomic E-state index is 12.8. The summed E-state index contributed by atoms with van der Waals surface area (Å²) >= 11 is 1.37. The maximum atomic E-state index is 12.8. The molecule has 0 aliphatic rings. The number of carbonyl (C=O) groups excluding carboxylic acids is 2. The van der Waals surface area contributed by atoms with Crippen molar-refractivity contribution in [1.29, 1.82) is 0 Å². The summed E-state index contributed by atoms with van der Waals surface area (Å²) in [5.41, 5.74) is 1.43. The standard InChI is InChI=1S/C23H20N4O3S/c1-15(16-7-3-2-4-8-16)25-21(29)17-9-5-6-10-19(17)26-20(28)13-27-14-24-22-18(23(27)30)11-12-31-22/h2-12,14-15H,13H2,1H3,(H,25,29)(H,26,28)/t15-/m0/s1. The second-order valence-electron chi connectivity index (χ2n) is 7.02. The molecule has 31 heavy (non-hydrogen) atoms. The molecule has 0 saturated carbocycles. The Balaban J connectivity index is 1.48. The van der Waals surface area contributed by atoms with Gasteiger partial charge < -0.3 is 10.6 Å². The summed E-state index contributed by atoms with van der Waals surface area (Å²) in [4.78, 5) is 42.8. The predicted molar refractivity (Wildman–Crippen MR) is 121 cm³/mol. The first-order chi connectivity index (χ1) is 15.0. The summed E-state index contributed by atoms with van der Waals surface area (Å²) in [5, 5.41) is 7.95. The number of anilines is 1. The van der Waals surface area contributed by atoms with Gasteiger partial charge in [0.15, 0.2) is 0 Å². The average molecular weight is 433 g/mol. The molecule has 0 bridgehead atoms. The molecule has 2 aromatic heterocycles. The van der Waals surface area contributed by atoms with Crippen LogP contribution in [0.25, 0.3) is 10.2 Å². The van der Waals surface area contributed by atoms with Crippen molar-refractivity contribution in [2.24, 2.45) is 0 Å². The Hall–Kier alpha value is -3.78. The number of hydrogen-bond acceptors (Lipinski definition) is 5. The molecular weight excluding hydrogens is 412 g/mol. The van der Waals surface area contributed by atoms with E-state index in [9.17, 15) is 14.4 Å². The molecule has 8 heteroatoms. The Labute approximate surface area is 182 Å². The van der Waals surface area contributed by atoms with E-state index >= 15 is 0 Å². The minimum Gasteiger partial charge on any atom is -0.345 e. The van der Waals surface area contributed by atoms with Gasteiger partial charge >= 0.3 is 0 Å². The third kappa shape index (κ3) is 4.54. The van der Waals surface area contributed by atoms with Crippen molar-refractivity contribution in [1.82, 2.24) is 14.9 Å². The van der Waals surface area contributed by atoms with E-state index in [0.717, 1.165) is 5.56 Å². The molecule has 156 valence electrons. The Morgan fingerprint density at radius 1 is 1.06 bits per heavy atom. The quantitative estimate of drug-likeness (QED) is 0.487. The number of rotatable bonds is 6. The molecule has 0 unspecified atom stereocenters. The smallest absolute Gasteiger partial charge is 0.262 e. The summed E-state index contributed by atoms with van der Waals surface area (Å²) < 4.78 is 1.25. The van der Waals surface area contributed by atoms with Crippen molar-refractivity contribution < 1.29 is 9.59 Å². The highest BCUT2D eigenvalue weighted by Crippen LogP contribution is 2.18. The summed E-state index contributed by atoms with van der Waals surface area (Å²) in [6.45, 7) is 1.70. The zero-order valence-electron chi connectivity index (χ0n) is 16.7. The van der Waals surface area contributed by atoms with Crippen LogP contribution in [0.15, 0.2) is 77.2 Å². The van der Waals surface area contributed by atoms with Gasteiger partial charge in [-0.05, 0) is 36.1 Å². The second kappa shape index (κ2) is 8.93. The molecule has 0 saturated heterocycles. The molecule has 0 aliphatic heterocycles. The van der Waals surface area contributed by atoms with Crippen LogP contribution in [-0.2, 0) is 11.3 Å². The van der Waals surface area contributed by atoms with E-state index in [-0.39, 0.29) is 24.1 Å². The monoisotopic (exact) mass is 432 g/mol. The van der Waals surface area contributed by atoms with Gasteiger partial charge in [0, 0.05) is 0 Å². The molecule has 2 heterocycles. The molecule has 0 spiro atoms. The topological polar surface area (TPSA) is 93.1 Å². The molecule has 2 amide bonds. The van der Waals surface area contributed by atoms with Crippen molar-refractivity contribution in [3.05, 3.63) is 93.9 Å². The zero-order chi connectivity index (χ0) is 21.8. The minimum atomic E-state index is -0.421. The Bertz CT molecular complexity index is 1300. The molecular formula is C23H20N4O3S. The highest BCUT2D eigenvalue weighted by atomic mass is 32.1. The largest absolute Gasteiger partial charge is 0.345 e. The number of amides is 2. The van der Waals surface area contributed by atoms with E-state index in [1.807, 2.05) is 37.3 Å². The minimum absolute atomic E-state index is 0.195. The summed E-state index contributed by atoms with van der Waals surface area (Å²) in [6.07, 6.45) is 1.36. The summed E-state index contributed by atoms with van der Waals surface area (Å²) in [5.74, 6) is -0.722. The fourth-order valence-corrected chi connectivity index (χ4v) is 3.96. The number of fused-ring (bicyclic) bond motifs is 1. The normalized spacial score (nSPS) is 11.8. The van der Waals surface area contributed by atoms with Crippen molar-refractivity contribution in [3.8, 4) is 0 Å². The lowest BCUT2D eigenvalue weighted by Gasteiger charge is -2.16. The Morgan fingerprint density at radius 3 is 2.61 bits per heavy atom. The van der Waals surface area contributed by atoms with Crippen molar-refractivity contribution in [2.75, 3.05) is 5.32 Å². The van der Waals surface area contributed by atoms with Crippen LogP contribution in [0.2, 0.25) is 0 Å². The van der Waals surface area contributed by atoms with Crippen LogP contribution in [0, 0.1) is 0 Å². The van der Waals surface area contributed by atoms with E-state index in [0.29, 0.717) is 21.5 Å². The van der Waals surface area contributed by atoms with E-state index in [2.05, 4.69) is 15.6 Å². The fraction of sp³-hybridized carbons (Fsp3) is 0.130. The highest BCUT2D eigenvalue weighted by Gasteiger charge is 2.16. The van der Waals surface area contributed by atoms with E-state index in [4.69, 9.17) is 0 Å². The first-order valence-corrected chi connectivity index (χ1v) is 10.6. The molecule has 4 rings (SSSR count). The van der Waals surface area contributed by atoms with Crippen molar-refractivity contribution in [2.45, 2.75) is 19.5 Å². The molecule has 2 N–H and O–H groups in total. The molecule has 4 aromatic rings. The van der Waals surface area contributed by atoms with Gasteiger partial charge in [0.05, 0.1) is 29.0 Å². The zero-order valence-corrected chi connectivity index (χ0v) is 17.6. The van der Waals surface area contributed by atoms with Crippen LogP contribution < -0.4 is 16.2 Å². The summed E-state index contributed by atoms with van der Waals surface area (Å²) in [6, 6.07) is 17.9. The molecule has 0 aliphatic carbocycles. The first-order valence-electron chi connectivity index (χ1n) is 9.70. The molecule has 2 aromatic carbocycles. The van der Waals surface area contributed by atoms with Gasteiger partial charge in [0.25, 0.3) is 11.5 Å². The number of hydrogen-bond donors (Lipinski definition) is 2. The number of nitrogens with zero attached hydrogens (tertiary/aromatic N) is 2. The number of thiophene rings is 1.